The molecule has 3 aromatic rings. The normalized spacial score (nSPS) is 10.8. The zero-order valence-corrected chi connectivity index (χ0v) is 13.5. The number of benzene rings is 2. The van der Waals surface area contributed by atoms with E-state index in [1.165, 1.54) is 0 Å². The smallest absolute Gasteiger partial charge is 0.226 e. The van der Waals surface area contributed by atoms with E-state index in [9.17, 15) is 0 Å². The van der Waals surface area contributed by atoms with Crippen LogP contribution < -0.4 is 10.2 Å². The number of ether oxygens (including phenoxy) is 1. The predicted molar refractivity (Wildman–Crippen MR) is 90.9 cm³/mol. The Morgan fingerprint density at radius 2 is 1.96 bits per heavy atom. The molecule has 0 saturated heterocycles. The molecule has 1 aromatic heterocycles. The van der Waals surface area contributed by atoms with Gasteiger partial charge in [-0.25, -0.2) is 10.5 Å². The molecule has 0 fully saturated rings. The van der Waals surface area contributed by atoms with Gasteiger partial charge in [0.2, 0.25) is 5.89 Å². The summed E-state index contributed by atoms with van der Waals surface area (Å²) >= 11 is 0. The molecule has 0 atom stereocenters. The first-order valence-electron chi connectivity index (χ1n) is 7.86. The lowest BCUT2D eigenvalue weighted by Gasteiger charge is -2.07. The fourth-order valence-corrected chi connectivity index (χ4v) is 2.47. The van der Waals surface area contributed by atoms with Crippen LogP contribution in [0.1, 0.15) is 17.0 Å². The van der Waals surface area contributed by atoms with Crippen LogP contribution in [0.4, 0.5) is 0 Å². The summed E-state index contributed by atoms with van der Waals surface area (Å²) in [7, 11) is 0. The van der Waals surface area contributed by atoms with Gasteiger partial charge in [0.15, 0.2) is 0 Å². The zero-order valence-electron chi connectivity index (χ0n) is 13.5. The van der Waals surface area contributed by atoms with Crippen LogP contribution in [0, 0.1) is 6.92 Å². The van der Waals surface area contributed by atoms with Gasteiger partial charge in [-0.2, -0.15) is 0 Å². The third-order valence-electron chi connectivity index (χ3n) is 3.70. The highest BCUT2D eigenvalue weighted by molar-refractivity contribution is 5.53. The van der Waals surface area contributed by atoms with Gasteiger partial charge in [0, 0.05) is 18.5 Å². The molecule has 0 radical (unpaired) electrons. The second kappa shape index (κ2) is 7.77. The number of hydrogen-bond donors (Lipinski definition) is 2. The minimum absolute atomic E-state index is 0.389. The van der Waals surface area contributed by atoms with Crippen molar-refractivity contribution in [3.8, 4) is 17.2 Å². The summed E-state index contributed by atoms with van der Waals surface area (Å²) in [6.07, 6.45) is 0.671. The van der Waals surface area contributed by atoms with E-state index in [4.69, 9.17) is 14.4 Å². The maximum atomic E-state index is 8.75. The van der Waals surface area contributed by atoms with Crippen LogP contribution in [0.25, 0.3) is 11.5 Å². The first-order chi connectivity index (χ1) is 11.8. The molecular weight excluding hydrogens is 304 g/mol. The molecule has 124 valence electrons. The highest BCUT2D eigenvalue weighted by Gasteiger charge is 2.11. The maximum absolute atomic E-state index is 8.75. The summed E-state index contributed by atoms with van der Waals surface area (Å²) < 4.78 is 11.5. The van der Waals surface area contributed by atoms with Gasteiger partial charge < -0.3 is 14.4 Å². The van der Waals surface area contributed by atoms with Gasteiger partial charge >= 0.3 is 0 Å². The molecule has 3 rings (SSSR count). The van der Waals surface area contributed by atoms with E-state index in [1.807, 2.05) is 61.5 Å². The van der Waals surface area contributed by atoms with Crippen molar-refractivity contribution in [1.82, 2.24) is 10.5 Å². The van der Waals surface area contributed by atoms with Crippen molar-refractivity contribution in [3.05, 3.63) is 71.6 Å². The lowest BCUT2D eigenvalue weighted by atomic mass is 10.2. The molecule has 0 amide bonds. The molecular formula is C19H20N2O3. The van der Waals surface area contributed by atoms with Gasteiger partial charge in [-0.1, -0.05) is 30.3 Å². The minimum atomic E-state index is 0.389. The summed E-state index contributed by atoms with van der Waals surface area (Å²) in [6.45, 7) is 2.82. The van der Waals surface area contributed by atoms with E-state index in [2.05, 4.69) is 10.5 Å². The fourth-order valence-electron chi connectivity index (χ4n) is 2.47. The molecule has 1 heterocycles. The molecule has 0 aliphatic carbocycles. The van der Waals surface area contributed by atoms with Crippen molar-refractivity contribution in [1.29, 1.82) is 0 Å². The van der Waals surface area contributed by atoms with E-state index in [-0.39, 0.29) is 0 Å². The largest absolute Gasteiger partial charge is 0.493 e. The van der Waals surface area contributed by atoms with E-state index < -0.39 is 0 Å². The van der Waals surface area contributed by atoms with Crippen molar-refractivity contribution in [2.45, 2.75) is 19.9 Å². The van der Waals surface area contributed by atoms with Crippen LogP contribution in [-0.4, -0.2) is 16.8 Å². The Balaban J connectivity index is 1.61. The number of aryl methyl sites for hydroxylation is 1. The van der Waals surface area contributed by atoms with Crippen molar-refractivity contribution >= 4 is 0 Å². The Bertz CT molecular complexity index is 784. The van der Waals surface area contributed by atoms with Gasteiger partial charge in [0.1, 0.15) is 11.5 Å². The van der Waals surface area contributed by atoms with Gasteiger partial charge in [-0.05, 0) is 36.8 Å². The Labute approximate surface area is 140 Å². The fraction of sp³-hybridized carbons (Fsp3) is 0.211. The lowest BCUT2D eigenvalue weighted by molar-refractivity contribution is 0.161. The van der Waals surface area contributed by atoms with Crippen molar-refractivity contribution < 1.29 is 14.4 Å². The number of rotatable bonds is 7. The third kappa shape index (κ3) is 4.01. The first-order valence-corrected chi connectivity index (χ1v) is 7.86. The number of hydroxylamine groups is 1. The van der Waals surface area contributed by atoms with E-state index in [0.717, 1.165) is 28.3 Å². The molecule has 0 saturated carbocycles. The molecule has 2 aromatic carbocycles. The van der Waals surface area contributed by atoms with Gasteiger partial charge in [0.05, 0.1) is 12.3 Å². The maximum Gasteiger partial charge on any atom is 0.226 e. The minimum Gasteiger partial charge on any atom is -0.493 e. The van der Waals surface area contributed by atoms with Crippen molar-refractivity contribution in [2.75, 3.05) is 6.61 Å². The Kier molecular flexibility index (Phi) is 5.25. The molecule has 0 aliphatic heterocycles. The second-order valence-electron chi connectivity index (χ2n) is 5.47. The Morgan fingerprint density at radius 1 is 1.12 bits per heavy atom. The van der Waals surface area contributed by atoms with Crippen LogP contribution in [0.15, 0.2) is 59.0 Å². The van der Waals surface area contributed by atoms with Crippen LogP contribution in [-0.2, 0) is 13.0 Å². The summed E-state index contributed by atoms with van der Waals surface area (Å²) in [5.41, 5.74) is 4.97. The van der Waals surface area contributed by atoms with Gasteiger partial charge in [0.25, 0.3) is 0 Å². The number of nitrogens with zero attached hydrogens (tertiary/aromatic N) is 1. The Hall–Kier alpha value is -2.63. The molecule has 5 heteroatoms. The third-order valence-corrected chi connectivity index (χ3v) is 3.70. The van der Waals surface area contributed by atoms with Crippen molar-refractivity contribution in [2.24, 2.45) is 0 Å². The molecule has 0 bridgehead atoms. The SMILES string of the molecule is Cc1oc(-c2ccccc2)nc1CCOc1cccc(CNO)c1. The summed E-state index contributed by atoms with van der Waals surface area (Å²) in [5.74, 6) is 2.22. The average molecular weight is 324 g/mol. The van der Waals surface area contributed by atoms with Crippen LogP contribution in [0.3, 0.4) is 0 Å². The van der Waals surface area contributed by atoms with Crippen LogP contribution in [0.2, 0.25) is 0 Å². The molecule has 0 aliphatic rings. The first kappa shape index (κ1) is 16.2. The quantitative estimate of drug-likeness (QED) is 0.648. The molecule has 24 heavy (non-hydrogen) atoms. The van der Waals surface area contributed by atoms with Crippen LogP contribution >= 0.6 is 0 Å². The van der Waals surface area contributed by atoms with Gasteiger partial charge in [-0.15, -0.1) is 0 Å². The van der Waals surface area contributed by atoms with E-state index in [1.54, 1.807) is 0 Å². The monoisotopic (exact) mass is 324 g/mol. The molecule has 0 unspecified atom stereocenters. The molecule has 2 N–H and O–H groups in total. The van der Waals surface area contributed by atoms with Crippen molar-refractivity contribution in [3.63, 3.8) is 0 Å². The average Bonchev–Trinajstić information content (AvgIpc) is 2.97. The predicted octanol–water partition coefficient (Wildman–Crippen LogP) is 3.75. The molecule has 5 nitrogen and oxygen atoms in total. The van der Waals surface area contributed by atoms with Crippen LogP contribution in [0.5, 0.6) is 5.75 Å². The summed E-state index contributed by atoms with van der Waals surface area (Å²) in [6, 6.07) is 17.5. The Morgan fingerprint density at radius 3 is 2.75 bits per heavy atom. The topological polar surface area (TPSA) is 67.5 Å². The number of oxazole rings is 1. The van der Waals surface area contributed by atoms with Gasteiger partial charge in [-0.3, -0.25) is 0 Å². The number of nitrogens with one attached hydrogen (secondary N) is 1. The van der Waals surface area contributed by atoms with E-state index >= 15 is 0 Å². The second-order valence-corrected chi connectivity index (χ2v) is 5.47. The summed E-state index contributed by atoms with van der Waals surface area (Å²) in [4.78, 5) is 4.57. The summed E-state index contributed by atoms with van der Waals surface area (Å²) in [5, 5.41) is 8.75. The number of aromatic nitrogens is 1. The lowest BCUT2D eigenvalue weighted by Crippen LogP contribution is -2.07. The standard InChI is InChI=1S/C19H20N2O3/c1-14-18(21-19(24-14)16-7-3-2-4-8-16)10-11-23-17-9-5-6-15(12-17)13-20-22/h2-9,12,20,22H,10-11,13H2,1H3. The number of hydrogen-bond acceptors (Lipinski definition) is 5. The molecule has 0 spiro atoms. The highest BCUT2D eigenvalue weighted by atomic mass is 16.5. The zero-order chi connectivity index (χ0) is 16.8. The highest BCUT2D eigenvalue weighted by Crippen LogP contribution is 2.22. The van der Waals surface area contributed by atoms with E-state index in [0.29, 0.717) is 25.5 Å².